The highest BCUT2D eigenvalue weighted by Gasteiger charge is 2.14. The van der Waals surface area contributed by atoms with Crippen molar-refractivity contribution in [1.29, 1.82) is 0 Å². The Hall–Kier alpha value is -1.83. The van der Waals surface area contributed by atoms with Crippen LogP contribution in [0.5, 0.6) is 0 Å². The number of methoxy groups -OCH3 is 1. The molecule has 0 heterocycles. The van der Waals surface area contributed by atoms with Gasteiger partial charge in [0.15, 0.2) is 0 Å². The Morgan fingerprint density at radius 1 is 0.473 bits per heavy atom. The number of alkyl carbamates (subject to hydrolysis) is 1. The van der Waals surface area contributed by atoms with Crippen LogP contribution in [0.2, 0.25) is 0 Å². The molecule has 0 aliphatic heterocycles. The zero-order valence-electron chi connectivity index (χ0n) is 37.1. The van der Waals surface area contributed by atoms with Crippen molar-refractivity contribution in [3.8, 4) is 0 Å². The van der Waals surface area contributed by atoms with Gasteiger partial charge in [-0.3, -0.25) is 9.59 Å². The van der Waals surface area contributed by atoms with Gasteiger partial charge in [0.25, 0.3) is 0 Å². The first-order chi connectivity index (χ1) is 27.0. The Bertz CT molecular complexity index is 824. The average molecular weight is 781 g/mol. The van der Waals surface area contributed by atoms with E-state index in [4.69, 9.17) is 14.2 Å². The van der Waals surface area contributed by atoms with Crippen LogP contribution in [0.15, 0.2) is 0 Å². The lowest BCUT2D eigenvalue weighted by Gasteiger charge is -2.22. The molecule has 0 saturated heterocycles. The number of hydrogen-bond donors (Lipinski definition) is 1. The highest BCUT2D eigenvalue weighted by molar-refractivity contribution is 5.69. The Morgan fingerprint density at radius 2 is 0.873 bits per heavy atom. The second-order valence-corrected chi connectivity index (χ2v) is 16.2. The van der Waals surface area contributed by atoms with E-state index in [1.807, 2.05) is 0 Å². The van der Waals surface area contributed by atoms with Gasteiger partial charge >= 0.3 is 18.0 Å². The molecule has 1 amide bonds. The molecule has 55 heavy (non-hydrogen) atoms. The molecule has 0 unspecified atom stereocenters. The third-order valence-corrected chi connectivity index (χ3v) is 10.9. The van der Waals surface area contributed by atoms with Gasteiger partial charge in [0.05, 0.1) is 13.7 Å². The van der Waals surface area contributed by atoms with Crippen LogP contribution >= 0.6 is 0 Å². The van der Waals surface area contributed by atoms with Crippen LogP contribution < -0.4 is 5.32 Å². The maximum absolute atomic E-state index is 12.8. The van der Waals surface area contributed by atoms with Gasteiger partial charge in [-0.05, 0) is 83.8 Å². The first kappa shape index (κ1) is 53.2. The summed E-state index contributed by atoms with van der Waals surface area (Å²) in [6.45, 7) is 11.0. The number of esters is 2. The summed E-state index contributed by atoms with van der Waals surface area (Å²) in [4.78, 5) is 38.9. The number of ether oxygens (including phenoxy) is 3. The highest BCUT2D eigenvalue weighted by Crippen LogP contribution is 2.18. The predicted molar refractivity (Wildman–Crippen MR) is 232 cm³/mol. The number of nitrogens with one attached hydrogen (secondary N) is 1. The summed E-state index contributed by atoms with van der Waals surface area (Å²) in [7, 11) is 1.40. The Balaban J connectivity index is 4.29. The second kappa shape index (κ2) is 43.3. The smallest absolute Gasteiger partial charge is 0.406 e. The summed E-state index contributed by atoms with van der Waals surface area (Å²) < 4.78 is 16.2. The number of carbonyl (C=O) groups is 3. The van der Waals surface area contributed by atoms with E-state index < -0.39 is 0 Å². The first-order valence-corrected chi connectivity index (χ1v) is 23.9. The van der Waals surface area contributed by atoms with Crippen LogP contribution in [-0.4, -0.2) is 68.9 Å². The van der Waals surface area contributed by atoms with Gasteiger partial charge < -0.3 is 24.4 Å². The zero-order chi connectivity index (χ0) is 40.3. The molecule has 0 radical (unpaired) electrons. The molecule has 0 aromatic heterocycles. The van der Waals surface area contributed by atoms with Crippen molar-refractivity contribution in [2.75, 3.05) is 39.9 Å². The number of rotatable bonds is 43. The van der Waals surface area contributed by atoms with Crippen LogP contribution in [0.25, 0.3) is 0 Å². The molecule has 0 saturated carbocycles. The van der Waals surface area contributed by atoms with Crippen LogP contribution in [0.3, 0.4) is 0 Å². The molecule has 0 atom stereocenters. The van der Waals surface area contributed by atoms with Gasteiger partial charge in [-0.15, -0.1) is 0 Å². The predicted octanol–water partition coefficient (Wildman–Crippen LogP) is 13.4. The minimum absolute atomic E-state index is 0.00689. The Morgan fingerprint density at radius 3 is 1.36 bits per heavy atom. The summed E-state index contributed by atoms with van der Waals surface area (Å²) >= 11 is 0. The van der Waals surface area contributed by atoms with E-state index >= 15 is 0 Å². The summed E-state index contributed by atoms with van der Waals surface area (Å²) in [6, 6.07) is 0. The molecule has 0 spiro atoms. The van der Waals surface area contributed by atoms with Gasteiger partial charge in [0.2, 0.25) is 0 Å². The molecule has 8 nitrogen and oxygen atoms in total. The second-order valence-electron chi connectivity index (χ2n) is 16.2. The molecule has 0 aromatic carbocycles. The van der Waals surface area contributed by atoms with Crippen molar-refractivity contribution >= 4 is 18.0 Å². The van der Waals surface area contributed by atoms with Gasteiger partial charge in [-0.25, -0.2) is 4.79 Å². The quantitative estimate of drug-likeness (QED) is 0.0374. The van der Waals surface area contributed by atoms with Crippen molar-refractivity contribution in [2.24, 2.45) is 0 Å². The van der Waals surface area contributed by atoms with Gasteiger partial charge in [-0.1, -0.05) is 162 Å². The molecular formula is C47H92N2O6. The molecule has 0 aliphatic carbocycles. The molecule has 0 bridgehead atoms. The van der Waals surface area contributed by atoms with Crippen molar-refractivity contribution in [1.82, 2.24) is 10.2 Å². The SMILES string of the molecule is CCCCCCCCCOC(=O)CCCCCCCN(CCCCCCCC(=O)OC(CCCCCCCC)CCCCCCCC)CCCNC(=O)OC. The topological polar surface area (TPSA) is 94.2 Å². The van der Waals surface area contributed by atoms with Crippen LogP contribution in [0.1, 0.15) is 239 Å². The standard InChI is InChI=1S/C47H92N2O6/c1-5-8-11-14-17-26-33-43-54-45(50)37-29-22-18-24-31-40-49(42-34-39-48-47(52)53-4)41-32-25-19-23-30-38-46(51)55-44(35-27-20-15-12-9-6-2)36-28-21-16-13-10-7-3/h44H,5-43H2,1-4H3,(H,48,52). The highest BCUT2D eigenvalue weighted by atomic mass is 16.5. The fraction of sp³-hybridized carbons (Fsp3) is 0.936. The van der Waals surface area contributed by atoms with Crippen molar-refractivity contribution in [3.63, 3.8) is 0 Å². The van der Waals surface area contributed by atoms with E-state index in [9.17, 15) is 14.4 Å². The fourth-order valence-electron chi connectivity index (χ4n) is 7.30. The lowest BCUT2D eigenvalue weighted by atomic mass is 10.0. The summed E-state index contributed by atoms with van der Waals surface area (Å²) in [5.74, 6) is -0.0312. The number of hydrogen-bond acceptors (Lipinski definition) is 7. The minimum Gasteiger partial charge on any atom is -0.466 e. The summed E-state index contributed by atoms with van der Waals surface area (Å²) in [6.07, 6.45) is 38.6. The maximum atomic E-state index is 12.8. The number of carbonyl (C=O) groups excluding carboxylic acids is 3. The number of amides is 1. The molecule has 0 rings (SSSR count). The molecule has 0 fully saturated rings. The van der Waals surface area contributed by atoms with Crippen molar-refractivity contribution < 1.29 is 28.6 Å². The zero-order valence-corrected chi connectivity index (χ0v) is 37.1. The lowest BCUT2D eigenvalue weighted by molar-refractivity contribution is -0.150. The molecule has 0 aromatic rings. The maximum Gasteiger partial charge on any atom is 0.406 e. The number of nitrogens with zero attached hydrogens (tertiary/aromatic N) is 1. The van der Waals surface area contributed by atoms with E-state index in [2.05, 4.69) is 31.0 Å². The van der Waals surface area contributed by atoms with E-state index in [0.717, 1.165) is 103 Å². The first-order valence-electron chi connectivity index (χ1n) is 23.9. The van der Waals surface area contributed by atoms with E-state index in [1.165, 1.54) is 129 Å². The molecular weight excluding hydrogens is 689 g/mol. The van der Waals surface area contributed by atoms with E-state index in [0.29, 0.717) is 26.0 Å². The van der Waals surface area contributed by atoms with Gasteiger partial charge in [-0.2, -0.15) is 0 Å². The van der Waals surface area contributed by atoms with Crippen LogP contribution in [0, 0.1) is 0 Å². The average Bonchev–Trinajstić information content (AvgIpc) is 3.18. The number of unbranched alkanes of at least 4 members (excludes halogenated alkanes) is 24. The molecule has 0 aliphatic rings. The lowest BCUT2D eigenvalue weighted by Crippen LogP contribution is -2.31. The summed E-state index contributed by atoms with van der Waals surface area (Å²) in [5, 5.41) is 2.80. The van der Waals surface area contributed by atoms with Crippen molar-refractivity contribution in [2.45, 2.75) is 245 Å². The normalized spacial score (nSPS) is 11.4. The third kappa shape index (κ3) is 40.2. The van der Waals surface area contributed by atoms with Crippen molar-refractivity contribution in [3.05, 3.63) is 0 Å². The van der Waals surface area contributed by atoms with E-state index in [1.54, 1.807) is 0 Å². The minimum atomic E-state index is -0.372. The monoisotopic (exact) mass is 781 g/mol. The summed E-state index contributed by atoms with van der Waals surface area (Å²) in [5.41, 5.74) is 0. The van der Waals surface area contributed by atoms with Gasteiger partial charge in [0.1, 0.15) is 6.10 Å². The molecule has 326 valence electrons. The fourth-order valence-corrected chi connectivity index (χ4v) is 7.30. The van der Waals surface area contributed by atoms with E-state index in [-0.39, 0.29) is 24.1 Å². The Labute approximate surface area is 341 Å². The van der Waals surface area contributed by atoms with Crippen LogP contribution in [0.4, 0.5) is 4.79 Å². The molecule has 1 N–H and O–H groups in total. The molecule has 8 heteroatoms. The Kier molecular flexibility index (Phi) is 41.9. The van der Waals surface area contributed by atoms with Crippen LogP contribution in [-0.2, 0) is 23.8 Å². The van der Waals surface area contributed by atoms with Gasteiger partial charge in [0, 0.05) is 19.4 Å². The third-order valence-electron chi connectivity index (χ3n) is 10.9. The largest absolute Gasteiger partial charge is 0.466 e.